The third-order valence-electron chi connectivity index (χ3n) is 6.83. The van der Waals surface area contributed by atoms with E-state index in [4.69, 9.17) is 9.47 Å². The summed E-state index contributed by atoms with van der Waals surface area (Å²) in [5.74, 6) is 0.919. The molecule has 0 unspecified atom stereocenters. The van der Waals surface area contributed by atoms with Gasteiger partial charge in [-0.05, 0) is 62.9 Å². The zero-order valence-electron chi connectivity index (χ0n) is 20.8. The van der Waals surface area contributed by atoms with Crippen LogP contribution in [0.3, 0.4) is 0 Å². The summed E-state index contributed by atoms with van der Waals surface area (Å²) in [5, 5.41) is 5.83. The normalized spacial score (nSPS) is 17.4. The van der Waals surface area contributed by atoms with Crippen LogP contribution in [0.2, 0.25) is 0 Å². The lowest BCUT2D eigenvalue weighted by Crippen LogP contribution is -2.40. The highest BCUT2D eigenvalue weighted by Gasteiger charge is 2.26. The number of hydrogen-bond donors (Lipinski definition) is 1. The van der Waals surface area contributed by atoms with Crippen LogP contribution < -0.4 is 10.1 Å². The zero-order valence-corrected chi connectivity index (χ0v) is 21.6. The summed E-state index contributed by atoms with van der Waals surface area (Å²) in [6.07, 6.45) is 2.62. The third kappa shape index (κ3) is 7.25. The van der Waals surface area contributed by atoms with E-state index in [-0.39, 0.29) is 24.3 Å². The van der Waals surface area contributed by atoms with Crippen LogP contribution in [0.1, 0.15) is 51.8 Å². The van der Waals surface area contributed by atoms with Crippen molar-refractivity contribution in [2.24, 2.45) is 0 Å². The molecular weight excluding hydrogens is 464 g/mol. The number of benzene rings is 1. The van der Waals surface area contributed by atoms with Crippen molar-refractivity contribution < 1.29 is 19.1 Å². The molecule has 1 N–H and O–H groups in total. The predicted octanol–water partition coefficient (Wildman–Crippen LogP) is 3.00. The number of nitrogens with zero attached hydrogens (tertiary/aromatic N) is 3. The van der Waals surface area contributed by atoms with E-state index in [1.807, 2.05) is 35.4 Å². The predicted molar refractivity (Wildman–Crippen MR) is 136 cm³/mol. The van der Waals surface area contributed by atoms with Gasteiger partial charge in [-0.15, -0.1) is 11.3 Å². The van der Waals surface area contributed by atoms with Gasteiger partial charge in [0.15, 0.2) is 6.61 Å². The zero-order chi connectivity index (χ0) is 24.6. The molecule has 0 spiro atoms. The van der Waals surface area contributed by atoms with E-state index >= 15 is 0 Å². The number of ether oxygens (including phenoxy) is 2. The molecule has 1 aromatic heterocycles. The van der Waals surface area contributed by atoms with E-state index in [1.54, 1.807) is 11.3 Å². The third-order valence-corrected chi connectivity index (χ3v) is 7.84. The van der Waals surface area contributed by atoms with Crippen molar-refractivity contribution in [3.05, 3.63) is 45.4 Å². The van der Waals surface area contributed by atoms with Crippen molar-refractivity contribution in [3.63, 3.8) is 0 Å². The van der Waals surface area contributed by atoms with Crippen LogP contribution in [0.25, 0.3) is 0 Å². The molecule has 3 heterocycles. The number of thiazole rings is 1. The van der Waals surface area contributed by atoms with Gasteiger partial charge in [-0.25, -0.2) is 4.98 Å². The van der Waals surface area contributed by atoms with Gasteiger partial charge in [-0.1, -0.05) is 6.07 Å². The second-order valence-electron chi connectivity index (χ2n) is 9.32. The minimum absolute atomic E-state index is 0.0120. The van der Waals surface area contributed by atoms with Gasteiger partial charge in [0.2, 0.25) is 0 Å². The van der Waals surface area contributed by atoms with Crippen molar-refractivity contribution in [2.45, 2.75) is 39.0 Å². The van der Waals surface area contributed by atoms with E-state index in [9.17, 15) is 9.59 Å². The summed E-state index contributed by atoms with van der Waals surface area (Å²) in [6, 6.07) is 5.88. The molecule has 0 aliphatic carbocycles. The SMILES string of the molecule is Cc1ccc(OCC(=O)N2CCC(c3nc(C(=O)NCCCN4CCOCC4)cs3)CC2)cc1C. The molecule has 2 amide bonds. The molecule has 0 bridgehead atoms. The van der Waals surface area contributed by atoms with Gasteiger partial charge in [0.25, 0.3) is 11.8 Å². The lowest BCUT2D eigenvalue weighted by Gasteiger charge is -2.31. The number of amides is 2. The fourth-order valence-electron chi connectivity index (χ4n) is 4.42. The average molecular weight is 501 g/mol. The maximum atomic E-state index is 12.6. The van der Waals surface area contributed by atoms with Gasteiger partial charge >= 0.3 is 0 Å². The second kappa shape index (κ2) is 12.5. The number of likely N-dealkylation sites (tertiary alicyclic amines) is 1. The first kappa shape index (κ1) is 25.6. The molecule has 190 valence electrons. The summed E-state index contributed by atoms with van der Waals surface area (Å²) < 4.78 is 11.1. The maximum Gasteiger partial charge on any atom is 0.270 e. The molecule has 2 aliphatic heterocycles. The van der Waals surface area contributed by atoms with Gasteiger partial charge in [-0.2, -0.15) is 0 Å². The highest BCUT2D eigenvalue weighted by atomic mass is 32.1. The van der Waals surface area contributed by atoms with Gasteiger partial charge in [0.1, 0.15) is 11.4 Å². The Bertz CT molecular complexity index is 997. The Labute approximate surface area is 211 Å². The molecular formula is C26H36N4O4S. The molecule has 0 radical (unpaired) electrons. The van der Waals surface area contributed by atoms with Crippen LogP contribution in [0.15, 0.2) is 23.6 Å². The minimum Gasteiger partial charge on any atom is -0.484 e. The number of aryl methyl sites for hydroxylation is 2. The van der Waals surface area contributed by atoms with Crippen LogP contribution in [-0.4, -0.2) is 85.7 Å². The number of morpholine rings is 1. The number of rotatable bonds is 9. The molecule has 9 heteroatoms. The first-order valence-electron chi connectivity index (χ1n) is 12.5. The number of nitrogens with one attached hydrogen (secondary N) is 1. The van der Waals surface area contributed by atoms with E-state index in [1.165, 1.54) is 5.56 Å². The highest BCUT2D eigenvalue weighted by molar-refractivity contribution is 7.09. The summed E-state index contributed by atoms with van der Waals surface area (Å²) in [5.41, 5.74) is 2.86. The van der Waals surface area contributed by atoms with Crippen LogP contribution in [0.4, 0.5) is 0 Å². The van der Waals surface area contributed by atoms with Crippen molar-refractivity contribution in [2.75, 3.05) is 59.1 Å². The quantitative estimate of drug-likeness (QED) is 0.533. The fourth-order valence-corrected chi connectivity index (χ4v) is 5.39. The molecule has 0 atom stereocenters. The van der Waals surface area contributed by atoms with Crippen molar-refractivity contribution in [1.29, 1.82) is 0 Å². The molecule has 0 saturated carbocycles. The standard InChI is InChI=1S/C26H36N4O4S/c1-19-4-5-22(16-20(19)2)34-17-24(31)30-10-6-21(7-11-30)26-28-23(18-35-26)25(32)27-8-3-9-29-12-14-33-15-13-29/h4-5,16,18,21H,3,6-15,17H2,1-2H3,(H,27,32). The van der Waals surface area contributed by atoms with Gasteiger partial charge in [0, 0.05) is 44.0 Å². The smallest absolute Gasteiger partial charge is 0.270 e. The number of carbonyl (C=O) groups excluding carboxylic acids is 2. The van der Waals surface area contributed by atoms with Crippen LogP contribution in [-0.2, 0) is 9.53 Å². The minimum atomic E-state index is -0.106. The Kier molecular flexibility index (Phi) is 9.12. The summed E-state index contributed by atoms with van der Waals surface area (Å²) in [6.45, 7) is 10.7. The Balaban J connectivity index is 1.16. The Morgan fingerprint density at radius 3 is 2.66 bits per heavy atom. The largest absolute Gasteiger partial charge is 0.484 e. The topological polar surface area (TPSA) is 84.0 Å². The van der Waals surface area contributed by atoms with Gasteiger partial charge < -0.3 is 19.7 Å². The van der Waals surface area contributed by atoms with E-state index in [0.717, 1.165) is 68.4 Å². The van der Waals surface area contributed by atoms with Gasteiger partial charge in [0.05, 0.1) is 18.2 Å². The summed E-state index contributed by atoms with van der Waals surface area (Å²) >= 11 is 1.54. The Morgan fingerprint density at radius 1 is 1.14 bits per heavy atom. The lowest BCUT2D eigenvalue weighted by molar-refractivity contribution is -0.134. The second-order valence-corrected chi connectivity index (χ2v) is 10.2. The van der Waals surface area contributed by atoms with Crippen molar-refractivity contribution >= 4 is 23.2 Å². The van der Waals surface area contributed by atoms with E-state index in [0.29, 0.717) is 25.3 Å². The lowest BCUT2D eigenvalue weighted by atomic mass is 9.97. The van der Waals surface area contributed by atoms with Gasteiger partial charge in [-0.3, -0.25) is 14.5 Å². The Hall–Kier alpha value is -2.49. The first-order chi connectivity index (χ1) is 17.0. The molecule has 4 rings (SSSR count). The Morgan fingerprint density at radius 2 is 1.91 bits per heavy atom. The number of hydrogen-bond acceptors (Lipinski definition) is 7. The number of carbonyl (C=O) groups is 2. The summed E-state index contributed by atoms with van der Waals surface area (Å²) in [4.78, 5) is 34.0. The summed E-state index contributed by atoms with van der Waals surface area (Å²) in [7, 11) is 0. The number of aromatic nitrogens is 1. The molecule has 2 saturated heterocycles. The molecule has 2 aromatic rings. The molecule has 2 fully saturated rings. The molecule has 1 aromatic carbocycles. The fraction of sp³-hybridized carbons (Fsp3) is 0.577. The van der Waals surface area contributed by atoms with Crippen LogP contribution >= 0.6 is 11.3 Å². The molecule has 2 aliphatic rings. The van der Waals surface area contributed by atoms with Crippen LogP contribution in [0.5, 0.6) is 5.75 Å². The molecule has 35 heavy (non-hydrogen) atoms. The van der Waals surface area contributed by atoms with E-state index < -0.39 is 0 Å². The maximum absolute atomic E-state index is 12.6. The van der Waals surface area contributed by atoms with Crippen LogP contribution in [0, 0.1) is 13.8 Å². The van der Waals surface area contributed by atoms with Crippen molar-refractivity contribution in [3.8, 4) is 5.75 Å². The monoisotopic (exact) mass is 500 g/mol. The van der Waals surface area contributed by atoms with E-state index in [2.05, 4.69) is 22.1 Å². The number of piperidine rings is 1. The average Bonchev–Trinajstić information content (AvgIpc) is 3.38. The highest BCUT2D eigenvalue weighted by Crippen LogP contribution is 2.30. The molecule has 8 nitrogen and oxygen atoms in total. The first-order valence-corrected chi connectivity index (χ1v) is 13.4. The van der Waals surface area contributed by atoms with Crippen molar-refractivity contribution in [1.82, 2.24) is 20.1 Å².